The van der Waals surface area contributed by atoms with E-state index < -0.39 is 17.8 Å². The maximum Gasteiger partial charge on any atom is 0.433 e. The lowest BCUT2D eigenvalue weighted by atomic mass is 9.98. The first kappa shape index (κ1) is 22.6. The van der Waals surface area contributed by atoms with Crippen molar-refractivity contribution in [3.05, 3.63) is 119 Å². The molecule has 0 fully saturated rings. The van der Waals surface area contributed by atoms with Crippen molar-refractivity contribution in [1.29, 1.82) is 0 Å². The van der Waals surface area contributed by atoms with E-state index in [0.29, 0.717) is 11.1 Å². The Morgan fingerprint density at radius 2 is 1.29 bits per heavy atom. The Kier molecular flexibility index (Phi) is 5.95. The number of ether oxygens (including phenoxy) is 1. The Balaban J connectivity index is 1.22. The molecule has 0 aliphatic heterocycles. The first-order chi connectivity index (χ1) is 16.9. The summed E-state index contributed by atoms with van der Waals surface area (Å²) in [7, 11) is 0. The van der Waals surface area contributed by atoms with Gasteiger partial charge < -0.3 is 4.74 Å². The van der Waals surface area contributed by atoms with E-state index in [1.54, 1.807) is 24.3 Å². The summed E-state index contributed by atoms with van der Waals surface area (Å²) in [6, 6.07) is 28.2. The van der Waals surface area contributed by atoms with Crippen molar-refractivity contribution in [1.82, 2.24) is 0 Å². The average molecular weight is 471 g/mol. The van der Waals surface area contributed by atoms with Crippen molar-refractivity contribution in [2.75, 3.05) is 6.61 Å². The van der Waals surface area contributed by atoms with E-state index in [2.05, 4.69) is 29.3 Å². The second kappa shape index (κ2) is 9.22. The van der Waals surface area contributed by atoms with Gasteiger partial charge in [-0.1, -0.05) is 84.9 Å². The number of hydrogen-bond acceptors (Lipinski definition) is 2. The van der Waals surface area contributed by atoms with Gasteiger partial charge in [0.15, 0.2) is 0 Å². The number of fused-ring (bicyclic) bond motifs is 3. The van der Waals surface area contributed by atoms with Crippen molar-refractivity contribution >= 4 is 12.3 Å². The zero-order chi connectivity index (χ0) is 24.4. The number of rotatable bonds is 4. The number of halogens is 3. The Morgan fingerprint density at radius 1 is 0.771 bits per heavy atom. The molecule has 0 aromatic heterocycles. The van der Waals surface area contributed by atoms with Crippen LogP contribution in [0.4, 0.5) is 18.0 Å². The minimum absolute atomic E-state index is 0.0374. The van der Waals surface area contributed by atoms with Crippen molar-refractivity contribution in [3.8, 4) is 22.3 Å². The van der Waals surface area contributed by atoms with Crippen molar-refractivity contribution in [2.24, 2.45) is 4.99 Å². The van der Waals surface area contributed by atoms with Gasteiger partial charge in [-0.3, -0.25) is 0 Å². The third-order valence-electron chi connectivity index (χ3n) is 6.11. The van der Waals surface area contributed by atoms with Gasteiger partial charge in [0.2, 0.25) is 0 Å². The number of hydrogen-bond donors (Lipinski definition) is 0. The summed E-state index contributed by atoms with van der Waals surface area (Å²) in [5.74, 6) is -0.0374. The fourth-order valence-electron chi connectivity index (χ4n) is 4.37. The van der Waals surface area contributed by atoms with E-state index in [4.69, 9.17) is 4.74 Å². The summed E-state index contributed by atoms with van der Waals surface area (Å²) in [5, 5.41) is 0. The Labute approximate surface area is 200 Å². The highest BCUT2D eigenvalue weighted by Gasteiger charge is 2.30. The molecular weight excluding hydrogens is 451 g/mol. The molecule has 0 saturated carbocycles. The SMILES string of the molecule is O=C(N=Cc1ccc(-c2ccc(C(F)(F)F)cc2)cc1)OCC1c2ccccc2-c2ccccc21. The molecule has 0 spiro atoms. The summed E-state index contributed by atoms with van der Waals surface area (Å²) >= 11 is 0. The number of carbonyl (C=O) groups excluding carboxylic acids is 1. The van der Waals surface area contributed by atoms with Crippen LogP contribution in [-0.2, 0) is 10.9 Å². The predicted octanol–water partition coefficient (Wildman–Crippen LogP) is 7.74. The molecule has 1 aliphatic rings. The van der Waals surface area contributed by atoms with Crippen LogP contribution in [0.2, 0.25) is 0 Å². The van der Waals surface area contributed by atoms with Gasteiger partial charge in [0.05, 0.1) is 5.56 Å². The second-order valence-electron chi connectivity index (χ2n) is 8.26. The third kappa shape index (κ3) is 4.73. The van der Waals surface area contributed by atoms with Crippen LogP contribution >= 0.6 is 0 Å². The van der Waals surface area contributed by atoms with Gasteiger partial charge in [0.25, 0.3) is 0 Å². The normalized spacial score (nSPS) is 13.0. The monoisotopic (exact) mass is 471 g/mol. The van der Waals surface area contributed by atoms with Gasteiger partial charge in [-0.05, 0) is 51.1 Å². The lowest BCUT2D eigenvalue weighted by Crippen LogP contribution is -2.10. The number of carbonyl (C=O) groups is 1. The Morgan fingerprint density at radius 3 is 1.83 bits per heavy atom. The summed E-state index contributed by atoms with van der Waals surface area (Å²) in [6.07, 6.45) is -3.63. The van der Waals surface area contributed by atoms with Gasteiger partial charge in [-0.15, -0.1) is 0 Å². The molecule has 0 bridgehead atoms. The molecule has 0 N–H and O–H groups in total. The molecule has 174 valence electrons. The van der Waals surface area contributed by atoms with Crippen LogP contribution in [0.25, 0.3) is 22.3 Å². The predicted molar refractivity (Wildman–Crippen MR) is 130 cm³/mol. The molecule has 35 heavy (non-hydrogen) atoms. The lowest BCUT2D eigenvalue weighted by Gasteiger charge is -2.12. The molecular formula is C29H20F3NO2. The van der Waals surface area contributed by atoms with E-state index in [9.17, 15) is 18.0 Å². The first-order valence-corrected chi connectivity index (χ1v) is 11.1. The highest BCUT2D eigenvalue weighted by molar-refractivity contribution is 5.89. The quantitative estimate of drug-likeness (QED) is 0.286. The molecule has 0 saturated heterocycles. The van der Waals surface area contributed by atoms with Crippen LogP contribution in [-0.4, -0.2) is 18.9 Å². The van der Waals surface area contributed by atoms with Gasteiger partial charge in [-0.2, -0.15) is 18.2 Å². The molecule has 3 nitrogen and oxygen atoms in total. The third-order valence-corrected chi connectivity index (χ3v) is 6.11. The molecule has 1 aliphatic carbocycles. The van der Waals surface area contributed by atoms with Crippen LogP contribution in [0.1, 0.15) is 28.2 Å². The first-order valence-electron chi connectivity index (χ1n) is 11.1. The van der Waals surface area contributed by atoms with Crippen LogP contribution in [0, 0.1) is 0 Å². The Hall–Kier alpha value is -4.19. The fourth-order valence-corrected chi connectivity index (χ4v) is 4.37. The number of aliphatic imine (C=N–C) groups is 1. The molecule has 5 rings (SSSR count). The van der Waals surface area contributed by atoms with E-state index in [-0.39, 0.29) is 12.5 Å². The molecule has 0 atom stereocenters. The molecule has 4 aromatic carbocycles. The van der Waals surface area contributed by atoms with E-state index >= 15 is 0 Å². The largest absolute Gasteiger partial charge is 0.447 e. The Bertz CT molecular complexity index is 1350. The lowest BCUT2D eigenvalue weighted by molar-refractivity contribution is -0.137. The van der Waals surface area contributed by atoms with Crippen molar-refractivity contribution < 1.29 is 22.7 Å². The fraction of sp³-hybridized carbons (Fsp3) is 0.103. The zero-order valence-corrected chi connectivity index (χ0v) is 18.5. The minimum atomic E-state index is -4.36. The highest BCUT2D eigenvalue weighted by Crippen LogP contribution is 2.44. The number of alkyl halides is 3. The molecule has 4 aromatic rings. The molecule has 0 heterocycles. The van der Waals surface area contributed by atoms with Crippen LogP contribution in [0.5, 0.6) is 0 Å². The zero-order valence-electron chi connectivity index (χ0n) is 18.5. The molecule has 0 radical (unpaired) electrons. The van der Waals surface area contributed by atoms with Crippen molar-refractivity contribution in [2.45, 2.75) is 12.1 Å². The summed E-state index contributed by atoms with van der Waals surface area (Å²) < 4.78 is 43.7. The number of nitrogens with zero attached hydrogens (tertiary/aromatic N) is 1. The number of amides is 1. The maximum atomic E-state index is 12.7. The van der Waals surface area contributed by atoms with Crippen molar-refractivity contribution in [3.63, 3.8) is 0 Å². The van der Waals surface area contributed by atoms with E-state index in [0.717, 1.165) is 39.9 Å². The maximum absolute atomic E-state index is 12.7. The summed E-state index contributed by atoms with van der Waals surface area (Å²) in [5.41, 5.74) is 5.98. The van der Waals surface area contributed by atoms with Gasteiger partial charge in [0.1, 0.15) is 6.61 Å². The average Bonchev–Trinajstić information content (AvgIpc) is 3.20. The van der Waals surface area contributed by atoms with Gasteiger partial charge >= 0.3 is 12.3 Å². The topological polar surface area (TPSA) is 38.7 Å². The van der Waals surface area contributed by atoms with E-state index in [1.807, 2.05) is 24.3 Å². The van der Waals surface area contributed by atoms with Gasteiger partial charge in [-0.25, -0.2) is 4.79 Å². The molecule has 1 amide bonds. The van der Waals surface area contributed by atoms with Crippen LogP contribution < -0.4 is 0 Å². The molecule has 0 unspecified atom stereocenters. The molecule has 6 heteroatoms. The smallest absolute Gasteiger partial charge is 0.433 e. The van der Waals surface area contributed by atoms with Gasteiger partial charge in [0, 0.05) is 12.1 Å². The van der Waals surface area contributed by atoms with E-state index in [1.165, 1.54) is 18.3 Å². The second-order valence-corrected chi connectivity index (χ2v) is 8.26. The van der Waals surface area contributed by atoms with Crippen LogP contribution in [0.3, 0.4) is 0 Å². The summed E-state index contributed by atoms with van der Waals surface area (Å²) in [6.45, 7) is 0.192. The standard InChI is InChI=1S/C29H20F3NO2/c30-29(31,32)22-15-13-21(14-16-22)20-11-9-19(10-12-20)17-33-28(34)35-18-27-25-7-3-1-5-23(25)24-6-2-4-8-26(24)27/h1-17,27H,18H2. The summed E-state index contributed by atoms with van der Waals surface area (Å²) in [4.78, 5) is 16.2. The van der Waals surface area contributed by atoms with Crippen LogP contribution in [0.15, 0.2) is 102 Å². The minimum Gasteiger partial charge on any atom is -0.447 e. The number of benzene rings is 4. The highest BCUT2D eigenvalue weighted by atomic mass is 19.4.